The number of hydrogen-bond donors (Lipinski definition) is 1. The van der Waals surface area contributed by atoms with Gasteiger partial charge in [0.05, 0.1) is 20.8 Å². The van der Waals surface area contributed by atoms with E-state index in [9.17, 15) is 8.42 Å². The standard InChI is InChI=1S/C16H15ClN2O2S3/c1-10(2)22-16-18-14-7-6-12(9-15(14)23-16)19-24(20,21)13-5-3-4-11(17)8-13/h3-10,19H,1-2H3. The van der Waals surface area contributed by atoms with Crippen molar-refractivity contribution in [1.82, 2.24) is 4.98 Å². The smallest absolute Gasteiger partial charge is 0.261 e. The number of rotatable bonds is 5. The molecule has 0 fully saturated rings. The van der Waals surface area contributed by atoms with Crippen molar-refractivity contribution in [2.24, 2.45) is 0 Å². The number of sulfonamides is 1. The van der Waals surface area contributed by atoms with E-state index in [4.69, 9.17) is 11.6 Å². The normalized spacial score (nSPS) is 12.0. The van der Waals surface area contributed by atoms with Crippen LogP contribution in [-0.4, -0.2) is 18.7 Å². The van der Waals surface area contributed by atoms with Gasteiger partial charge in [0, 0.05) is 10.3 Å². The summed E-state index contributed by atoms with van der Waals surface area (Å²) in [4.78, 5) is 4.68. The lowest BCUT2D eigenvalue weighted by molar-refractivity contribution is 0.601. The summed E-state index contributed by atoms with van der Waals surface area (Å²) in [5, 5.41) is 0.831. The number of nitrogens with one attached hydrogen (secondary N) is 1. The van der Waals surface area contributed by atoms with Crippen LogP contribution in [0.1, 0.15) is 13.8 Å². The first-order valence-electron chi connectivity index (χ1n) is 7.19. The molecule has 1 N–H and O–H groups in total. The average molecular weight is 399 g/mol. The minimum Gasteiger partial charge on any atom is -0.280 e. The van der Waals surface area contributed by atoms with Crippen LogP contribution in [-0.2, 0) is 10.0 Å². The van der Waals surface area contributed by atoms with E-state index < -0.39 is 10.0 Å². The predicted molar refractivity (Wildman–Crippen MR) is 103 cm³/mol. The highest BCUT2D eigenvalue weighted by Gasteiger charge is 2.15. The molecule has 0 amide bonds. The molecule has 4 nitrogen and oxygen atoms in total. The second-order valence-electron chi connectivity index (χ2n) is 5.39. The van der Waals surface area contributed by atoms with Crippen molar-refractivity contribution in [2.45, 2.75) is 28.3 Å². The van der Waals surface area contributed by atoms with Gasteiger partial charge in [0.25, 0.3) is 10.0 Å². The molecular formula is C16H15ClN2O2S3. The van der Waals surface area contributed by atoms with Gasteiger partial charge in [-0.15, -0.1) is 11.3 Å². The summed E-state index contributed by atoms with van der Waals surface area (Å²) in [6.45, 7) is 4.22. The zero-order valence-corrected chi connectivity index (χ0v) is 16.2. The van der Waals surface area contributed by atoms with E-state index in [2.05, 4.69) is 23.6 Å². The monoisotopic (exact) mass is 398 g/mol. The van der Waals surface area contributed by atoms with Crippen molar-refractivity contribution in [3.05, 3.63) is 47.5 Å². The number of anilines is 1. The summed E-state index contributed by atoms with van der Waals surface area (Å²) >= 11 is 9.13. The van der Waals surface area contributed by atoms with Gasteiger partial charge in [0.2, 0.25) is 0 Å². The fourth-order valence-corrected chi connectivity index (χ4v) is 5.75. The van der Waals surface area contributed by atoms with Gasteiger partial charge >= 0.3 is 0 Å². The number of hydrogen-bond acceptors (Lipinski definition) is 5. The molecule has 0 spiro atoms. The first-order chi connectivity index (χ1) is 11.3. The second-order valence-corrected chi connectivity index (χ2v) is 10.4. The lowest BCUT2D eigenvalue weighted by Crippen LogP contribution is -2.12. The van der Waals surface area contributed by atoms with Crippen molar-refractivity contribution >= 4 is 60.6 Å². The predicted octanol–water partition coefficient (Wildman–Crippen LogP) is 5.25. The third kappa shape index (κ3) is 4.03. The van der Waals surface area contributed by atoms with Gasteiger partial charge in [0.1, 0.15) is 0 Å². The second kappa shape index (κ2) is 6.92. The Labute approximate surface area is 154 Å². The molecule has 126 valence electrons. The molecule has 0 saturated carbocycles. The van der Waals surface area contributed by atoms with Gasteiger partial charge < -0.3 is 0 Å². The molecule has 0 unspecified atom stereocenters. The molecule has 0 aliphatic carbocycles. The molecule has 24 heavy (non-hydrogen) atoms. The van der Waals surface area contributed by atoms with E-state index in [1.54, 1.807) is 47.4 Å². The maximum absolute atomic E-state index is 12.5. The third-order valence-electron chi connectivity index (χ3n) is 3.06. The number of thioether (sulfide) groups is 1. The van der Waals surface area contributed by atoms with Crippen LogP contribution in [0.25, 0.3) is 10.2 Å². The van der Waals surface area contributed by atoms with Crippen LogP contribution in [0.3, 0.4) is 0 Å². The summed E-state index contributed by atoms with van der Waals surface area (Å²) in [6, 6.07) is 11.5. The molecule has 0 bridgehead atoms. The van der Waals surface area contributed by atoms with Gasteiger partial charge in [0.15, 0.2) is 4.34 Å². The van der Waals surface area contributed by atoms with Crippen molar-refractivity contribution in [3.63, 3.8) is 0 Å². The molecule has 2 aromatic carbocycles. The van der Waals surface area contributed by atoms with E-state index >= 15 is 0 Å². The summed E-state index contributed by atoms with van der Waals surface area (Å²) < 4.78 is 29.4. The van der Waals surface area contributed by atoms with E-state index in [-0.39, 0.29) is 4.90 Å². The average Bonchev–Trinajstić information content (AvgIpc) is 2.87. The molecular weight excluding hydrogens is 384 g/mol. The number of thiazole rings is 1. The molecule has 0 radical (unpaired) electrons. The minimum absolute atomic E-state index is 0.135. The zero-order chi connectivity index (χ0) is 17.3. The van der Waals surface area contributed by atoms with E-state index in [0.29, 0.717) is 16.0 Å². The van der Waals surface area contributed by atoms with E-state index in [1.807, 2.05) is 6.07 Å². The molecule has 0 aliphatic heterocycles. The van der Waals surface area contributed by atoms with Crippen molar-refractivity contribution in [3.8, 4) is 0 Å². The summed E-state index contributed by atoms with van der Waals surface area (Å²) in [7, 11) is -3.67. The molecule has 8 heteroatoms. The fraction of sp³-hybridized carbons (Fsp3) is 0.188. The largest absolute Gasteiger partial charge is 0.280 e. The van der Waals surface area contributed by atoms with Crippen LogP contribution in [0, 0.1) is 0 Å². The van der Waals surface area contributed by atoms with Crippen molar-refractivity contribution < 1.29 is 8.42 Å². The molecule has 1 aromatic heterocycles. The topological polar surface area (TPSA) is 59.1 Å². The zero-order valence-electron chi connectivity index (χ0n) is 13.0. The third-order valence-corrected chi connectivity index (χ3v) is 6.79. The Bertz CT molecular complexity index is 984. The van der Waals surface area contributed by atoms with Crippen LogP contribution in [0.4, 0.5) is 5.69 Å². The summed E-state index contributed by atoms with van der Waals surface area (Å²) in [5.74, 6) is 0. The van der Waals surface area contributed by atoms with E-state index in [0.717, 1.165) is 14.6 Å². The Morgan fingerprint density at radius 3 is 2.71 bits per heavy atom. The minimum atomic E-state index is -3.67. The SMILES string of the molecule is CC(C)Sc1nc2ccc(NS(=O)(=O)c3cccc(Cl)c3)cc2s1. The summed E-state index contributed by atoms with van der Waals surface area (Å²) in [6.07, 6.45) is 0. The molecule has 1 heterocycles. The van der Waals surface area contributed by atoms with Gasteiger partial charge in [-0.2, -0.15) is 0 Å². The number of halogens is 1. The van der Waals surface area contributed by atoms with Gasteiger partial charge in [-0.1, -0.05) is 43.3 Å². The lowest BCUT2D eigenvalue weighted by atomic mass is 10.3. The Hall–Kier alpha value is -1.28. The van der Waals surface area contributed by atoms with Gasteiger partial charge in [-0.3, -0.25) is 4.72 Å². The van der Waals surface area contributed by atoms with Crippen molar-refractivity contribution in [1.29, 1.82) is 0 Å². The maximum Gasteiger partial charge on any atom is 0.261 e. The first kappa shape index (κ1) is 17.5. The van der Waals surface area contributed by atoms with E-state index in [1.165, 1.54) is 12.1 Å². The van der Waals surface area contributed by atoms with Crippen LogP contribution >= 0.6 is 34.7 Å². The first-order valence-corrected chi connectivity index (χ1v) is 10.7. The Morgan fingerprint density at radius 1 is 1.21 bits per heavy atom. The number of benzene rings is 2. The fourth-order valence-electron chi connectivity index (χ4n) is 2.07. The molecule has 3 rings (SSSR count). The number of nitrogens with zero attached hydrogens (tertiary/aromatic N) is 1. The lowest BCUT2D eigenvalue weighted by Gasteiger charge is -2.08. The quantitative estimate of drug-likeness (QED) is 0.596. The summed E-state index contributed by atoms with van der Waals surface area (Å²) in [5.41, 5.74) is 1.38. The Morgan fingerprint density at radius 2 is 2.00 bits per heavy atom. The van der Waals surface area contributed by atoms with Crippen LogP contribution in [0.15, 0.2) is 51.7 Å². The maximum atomic E-state index is 12.5. The highest BCUT2D eigenvalue weighted by molar-refractivity contribution is 8.01. The Balaban J connectivity index is 1.89. The van der Waals surface area contributed by atoms with Gasteiger partial charge in [-0.25, -0.2) is 13.4 Å². The highest BCUT2D eigenvalue weighted by atomic mass is 35.5. The molecule has 0 atom stereocenters. The number of aromatic nitrogens is 1. The molecule has 3 aromatic rings. The number of fused-ring (bicyclic) bond motifs is 1. The van der Waals surface area contributed by atoms with Crippen LogP contribution in [0.2, 0.25) is 5.02 Å². The highest BCUT2D eigenvalue weighted by Crippen LogP contribution is 2.33. The molecule has 0 aliphatic rings. The van der Waals surface area contributed by atoms with Gasteiger partial charge in [-0.05, 0) is 36.4 Å². The Kier molecular flexibility index (Phi) is 5.05. The van der Waals surface area contributed by atoms with Crippen LogP contribution < -0.4 is 4.72 Å². The molecule has 0 saturated heterocycles. The van der Waals surface area contributed by atoms with Crippen molar-refractivity contribution in [2.75, 3.05) is 4.72 Å². The van der Waals surface area contributed by atoms with Crippen LogP contribution in [0.5, 0.6) is 0 Å².